The Balaban J connectivity index is 2.55. The van der Waals surface area contributed by atoms with E-state index in [2.05, 4.69) is 10.6 Å². The van der Waals surface area contributed by atoms with Crippen molar-refractivity contribution in [2.45, 2.75) is 85.9 Å². The molecule has 3 atom stereocenters. The van der Waals surface area contributed by atoms with E-state index in [1.165, 1.54) is 0 Å². The lowest BCUT2D eigenvalue weighted by atomic mass is 9.93. The summed E-state index contributed by atoms with van der Waals surface area (Å²) < 4.78 is 10.7. The van der Waals surface area contributed by atoms with Crippen molar-refractivity contribution in [2.24, 2.45) is 5.92 Å². The highest BCUT2D eigenvalue weighted by atomic mass is 16.6. The molecule has 0 saturated carbocycles. The molecule has 0 saturated heterocycles. The van der Waals surface area contributed by atoms with Crippen LogP contribution >= 0.6 is 0 Å². The lowest BCUT2D eigenvalue weighted by Crippen LogP contribution is -2.55. The van der Waals surface area contributed by atoms with E-state index in [0.29, 0.717) is 30.8 Å². The maximum Gasteiger partial charge on any atom is 0.408 e. The Labute approximate surface area is 233 Å². The Morgan fingerprint density at radius 3 is 2.15 bits per heavy atom. The molecule has 39 heavy (non-hydrogen) atoms. The number of benzene rings is 2. The van der Waals surface area contributed by atoms with Gasteiger partial charge in [-0.1, -0.05) is 51.0 Å². The summed E-state index contributed by atoms with van der Waals surface area (Å²) in [5, 5.41) is 5.78. The number of carbonyl (C=O) groups excluding carboxylic acids is 3. The summed E-state index contributed by atoms with van der Waals surface area (Å²) in [5.74, 6) is -0.180. The normalized spacial score (nSPS) is 13.6. The van der Waals surface area contributed by atoms with Crippen molar-refractivity contribution in [3.63, 3.8) is 0 Å². The highest BCUT2D eigenvalue weighted by Gasteiger charge is 2.38. The summed E-state index contributed by atoms with van der Waals surface area (Å²) >= 11 is 0. The van der Waals surface area contributed by atoms with Crippen molar-refractivity contribution in [2.75, 3.05) is 19.0 Å². The standard InChI is InChI=1S/C31H45N3O5/c1-10-18-34(29(36)26(21(4)11-2)33-30(37)39-31(6,7)8)27(25-17-12-20(3)19-22(25)5)28(35)32-23-13-15-24(38-9)16-14-23/h12-17,19,21,26-27H,10-11,18H2,1-9H3,(H,32,35)(H,33,37). The third kappa shape index (κ3) is 9.01. The van der Waals surface area contributed by atoms with E-state index in [1.807, 2.05) is 52.8 Å². The fourth-order valence-corrected chi connectivity index (χ4v) is 4.37. The second-order valence-electron chi connectivity index (χ2n) is 11.0. The van der Waals surface area contributed by atoms with Gasteiger partial charge in [0.15, 0.2) is 0 Å². The number of hydrogen-bond donors (Lipinski definition) is 2. The summed E-state index contributed by atoms with van der Waals surface area (Å²) in [4.78, 5) is 42.5. The zero-order chi connectivity index (χ0) is 29.3. The van der Waals surface area contributed by atoms with Crippen LogP contribution in [0.1, 0.15) is 77.1 Å². The fourth-order valence-electron chi connectivity index (χ4n) is 4.37. The molecular weight excluding hydrogens is 494 g/mol. The average molecular weight is 540 g/mol. The fraction of sp³-hybridized carbons (Fsp3) is 0.516. The molecule has 0 aromatic heterocycles. The Hall–Kier alpha value is -3.55. The van der Waals surface area contributed by atoms with Gasteiger partial charge >= 0.3 is 6.09 Å². The predicted octanol–water partition coefficient (Wildman–Crippen LogP) is 6.17. The summed E-state index contributed by atoms with van der Waals surface area (Å²) in [7, 11) is 1.58. The van der Waals surface area contributed by atoms with Crippen LogP contribution < -0.4 is 15.4 Å². The van der Waals surface area contributed by atoms with E-state index in [1.54, 1.807) is 57.0 Å². The van der Waals surface area contributed by atoms with Crippen LogP contribution in [0, 0.1) is 19.8 Å². The van der Waals surface area contributed by atoms with Gasteiger partial charge in [0.2, 0.25) is 5.91 Å². The van der Waals surface area contributed by atoms with E-state index >= 15 is 0 Å². The number of anilines is 1. The first kappa shape index (κ1) is 31.7. The third-order valence-corrected chi connectivity index (χ3v) is 6.54. The van der Waals surface area contributed by atoms with Gasteiger partial charge in [0, 0.05) is 12.2 Å². The molecule has 0 fully saturated rings. The second-order valence-corrected chi connectivity index (χ2v) is 11.0. The van der Waals surface area contributed by atoms with Crippen LogP contribution in [-0.4, -0.2) is 48.1 Å². The average Bonchev–Trinajstić information content (AvgIpc) is 2.86. The molecule has 3 unspecified atom stereocenters. The molecule has 2 aromatic rings. The number of hydrogen-bond acceptors (Lipinski definition) is 5. The summed E-state index contributed by atoms with van der Waals surface area (Å²) in [6.07, 6.45) is 0.615. The number of ether oxygens (including phenoxy) is 2. The molecule has 0 aliphatic rings. The topological polar surface area (TPSA) is 97.0 Å². The minimum atomic E-state index is -0.910. The molecule has 8 nitrogen and oxygen atoms in total. The van der Waals surface area contributed by atoms with Gasteiger partial charge < -0.3 is 25.0 Å². The molecule has 2 rings (SSSR count). The third-order valence-electron chi connectivity index (χ3n) is 6.54. The first-order valence-corrected chi connectivity index (χ1v) is 13.6. The van der Waals surface area contributed by atoms with Crippen molar-refractivity contribution < 1.29 is 23.9 Å². The smallest absolute Gasteiger partial charge is 0.408 e. The van der Waals surface area contributed by atoms with E-state index in [-0.39, 0.29) is 17.7 Å². The van der Waals surface area contributed by atoms with Crippen LogP contribution in [0.3, 0.4) is 0 Å². The predicted molar refractivity (Wildman–Crippen MR) is 155 cm³/mol. The number of aryl methyl sites for hydroxylation is 2. The first-order chi connectivity index (χ1) is 18.3. The van der Waals surface area contributed by atoms with E-state index in [9.17, 15) is 14.4 Å². The lowest BCUT2D eigenvalue weighted by Gasteiger charge is -2.36. The van der Waals surface area contributed by atoms with Gasteiger partial charge in [-0.05, 0) is 82.3 Å². The van der Waals surface area contributed by atoms with Crippen LogP contribution in [-0.2, 0) is 14.3 Å². The Kier molecular flexibility index (Phi) is 11.4. The van der Waals surface area contributed by atoms with E-state index in [4.69, 9.17) is 9.47 Å². The molecule has 0 heterocycles. The van der Waals surface area contributed by atoms with Crippen molar-refractivity contribution in [3.8, 4) is 5.75 Å². The highest BCUT2D eigenvalue weighted by Crippen LogP contribution is 2.29. The Morgan fingerprint density at radius 2 is 1.64 bits per heavy atom. The minimum Gasteiger partial charge on any atom is -0.497 e. The highest BCUT2D eigenvalue weighted by molar-refractivity contribution is 5.99. The zero-order valence-electron chi connectivity index (χ0n) is 24.9. The van der Waals surface area contributed by atoms with Crippen LogP contribution in [0.4, 0.5) is 10.5 Å². The molecule has 3 amide bonds. The van der Waals surface area contributed by atoms with Crippen LogP contribution in [0.5, 0.6) is 5.75 Å². The van der Waals surface area contributed by atoms with E-state index in [0.717, 1.165) is 16.7 Å². The van der Waals surface area contributed by atoms with Gasteiger partial charge in [-0.15, -0.1) is 0 Å². The largest absolute Gasteiger partial charge is 0.497 e. The van der Waals surface area contributed by atoms with E-state index < -0.39 is 23.8 Å². The maximum absolute atomic E-state index is 14.2. The molecule has 214 valence electrons. The van der Waals surface area contributed by atoms with Crippen molar-refractivity contribution in [3.05, 3.63) is 59.2 Å². The van der Waals surface area contributed by atoms with Crippen LogP contribution in [0.2, 0.25) is 0 Å². The van der Waals surface area contributed by atoms with Gasteiger partial charge in [-0.3, -0.25) is 9.59 Å². The van der Waals surface area contributed by atoms with Gasteiger partial charge in [0.05, 0.1) is 7.11 Å². The molecule has 0 aliphatic heterocycles. The van der Waals surface area contributed by atoms with Crippen LogP contribution in [0.25, 0.3) is 0 Å². The number of nitrogens with zero attached hydrogens (tertiary/aromatic N) is 1. The van der Waals surface area contributed by atoms with Crippen molar-refractivity contribution in [1.29, 1.82) is 0 Å². The molecule has 2 aromatic carbocycles. The minimum absolute atomic E-state index is 0.186. The SMILES string of the molecule is CCCN(C(=O)C(NC(=O)OC(C)(C)C)C(C)CC)C(C(=O)Nc1ccc(OC)cc1)c1ccc(C)cc1C. The zero-order valence-corrected chi connectivity index (χ0v) is 24.9. The second kappa shape index (κ2) is 14.0. The number of carbonyl (C=O) groups is 3. The Bertz CT molecular complexity index is 1120. The van der Waals surface area contributed by atoms with Crippen LogP contribution in [0.15, 0.2) is 42.5 Å². The van der Waals surface area contributed by atoms with Crippen molar-refractivity contribution in [1.82, 2.24) is 10.2 Å². The number of methoxy groups -OCH3 is 1. The van der Waals surface area contributed by atoms with Gasteiger partial charge in [-0.2, -0.15) is 0 Å². The van der Waals surface area contributed by atoms with Gasteiger partial charge in [-0.25, -0.2) is 4.79 Å². The molecular formula is C31H45N3O5. The number of alkyl carbamates (subject to hydrolysis) is 1. The summed E-state index contributed by atoms with van der Waals surface area (Å²) in [6.45, 7) is 15.4. The summed E-state index contributed by atoms with van der Waals surface area (Å²) in [6, 6.07) is 11.1. The molecule has 8 heteroatoms. The Morgan fingerprint density at radius 1 is 1.00 bits per heavy atom. The molecule has 0 spiro atoms. The quantitative estimate of drug-likeness (QED) is 0.356. The van der Waals surface area contributed by atoms with Crippen molar-refractivity contribution >= 4 is 23.6 Å². The maximum atomic E-state index is 14.2. The van der Waals surface area contributed by atoms with Gasteiger partial charge in [0.25, 0.3) is 5.91 Å². The molecule has 0 aliphatic carbocycles. The molecule has 0 bridgehead atoms. The lowest BCUT2D eigenvalue weighted by molar-refractivity contribution is -0.142. The van der Waals surface area contributed by atoms with Gasteiger partial charge in [0.1, 0.15) is 23.4 Å². The first-order valence-electron chi connectivity index (χ1n) is 13.6. The monoisotopic (exact) mass is 539 g/mol. The number of amides is 3. The molecule has 2 N–H and O–H groups in total. The number of rotatable bonds is 11. The summed E-state index contributed by atoms with van der Waals surface area (Å²) in [5.41, 5.74) is 2.57. The number of nitrogens with one attached hydrogen (secondary N) is 2. The molecule has 0 radical (unpaired) electrons.